The van der Waals surface area contributed by atoms with E-state index in [0.717, 1.165) is 29.2 Å². The molecule has 0 bridgehead atoms. The number of alkyl halides is 2. The van der Waals surface area contributed by atoms with Crippen LogP contribution in [-0.2, 0) is 32.0 Å². The van der Waals surface area contributed by atoms with Gasteiger partial charge in [-0.05, 0) is 60.2 Å². The van der Waals surface area contributed by atoms with Crippen molar-refractivity contribution < 1.29 is 32.3 Å². The number of fused-ring (bicyclic) bond motifs is 1. The van der Waals surface area contributed by atoms with Gasteiger partial charge in [0.2, 0.25) is 17.7 Å². The van der Waals surface area contributed by atoms with Crippen molar-refractivity contribution in [3.63, 3.8) is 0 Å². The van der Waals surface area contributed by atoms with Gasteiger partial charge in [-0.15, -0.1) is 0 Å². The Kier molecular flexibility index (Phi) is 10.3. The van der Waals surface area contributed by atoms with Gasteiger partial charge in [0, 0.05) is 32.0 Å². The second kappa shape index (κ2) is 14.3. The highest BCUT2D eigenvalue weighted by Crippen LogP contribution is 2.36. The van der Waals surface area contributed by atoms with E-state index in [0.29, 0.717) is 12.0 Å². The molecular formula is C35H39F3N4O4. The molecular weight excluding hydrogens is 597 g/mol. The molecule has 3 aromatic rings. The minimum absolute atomic E-state index is 0.0432. The number of halogens is 3. The first-order valence-electron chi connectivity index (χ1n) is 15.7. The van der Waals surface area contributed by atoms with E-state index < -0.39 is 48.1 Å². The second-order valence-corrected chi connectivity index (χ2v) is 12.5. The van der Waals surface area contributed by atoms with Crippen LogP contribution in [0.1, 0.15) is 44.2 Å². The number of carbonyl (C=O) groups is 4. The van der Waals surface area contributed by atoms with Gasteiger partial charge in [-0.25, -0.2) is 4.39 Å². The predicted octanol–water partition coefficient (Wildman–Crippen LogP) is 4.25. The standard InChI is InChI=1S/C35H39F3N4O4/c1-21(2)39-32(43)29(20-24-9-12-25-5-3-4-6-26(25)17-24)41-15-16-42(30(35(41)46)19-23-7-8-23)34(45)28(40-33(44)31(37)38)18-22-10-13-27(36)14-11-22/h3-6,9-14,17,21,23,28-31H,7-8,15-16,18-20H2,1-2H3,(H,39,43)(H,40,44). The molecule has 2 N–H and O–H groups in total. The Labute approximate surface area is 266 Å². The average molecular weight is 637 g/mol. The van der Waals surface area contributed by atoms with Crippen molar-refractivity contribution in [3.8, 4) is 0 Å². The van der Waals surface area contributed by atoms with Crippen LogP contribution in [0, 0.1) is 11.7 Å². The normalized spacial score (nSPS) is 18.2. The van der Waals surface area contributed by atoms with E-state index in [2.05, 4.69) is 10.6 Å². The van der Waals surface area contributed by atoms with Gasteiger partial charge in [0.15, 0.2) is 0 Å². The molecule has 3 atom stereocenters. The van der Waals surface area contributed by atoms with Gasteiger partial charge < -0.3 is 20.4 Å². The highest BCUT2D eigenvalue weighted by molar-refractivity contribution is 5.96. The lowest BCUT2D eigenvalue weighted by atomic mass is 9.96. The molecule has 8 nitrogen and oxygen atoms in total. The Bertz CT molecular complexity index is 1580. The fourth-order valence-electron chi connectivity index (χ4n) is 6.08. The Balaban J connectivity index is 1.42. The fraction of sp³-hybridized carbons (Fsp3) is 0.429. The summed E-state index contributed by atoms with van der Waals surface area (Å²) in [6, 6.07) is 15.6. The maximum Gasteiger partial charge on any atom is 0.315 e. The summed E-state index contributed by atoms with van der Waals surface area (Å²) in [5.41, 5.74) is 1.33. The van der Waals surface area contributed by atoms with Crippen LogP contribution in [0.5, 0.6) is 0 Å². The van der Waals surface area contributed by atoms with Crippen molar-refractivity contribution in [3.05, 3.63) is 83.7 Å². The third-order valence-corrected chi connectivity index (χ3v) is 8.58. The number of hydrogen-bond donors (Lipinski definition) is 2. The number of nitrogens with zero attached hydrogens (tertiary/aromatic N) is 2. The van der Waals surface area contributed by atoms with Gasteiger partial charge in [0.1, 0.15) is 23.9 Å². The van der Waals surface area contributed by atoms with E-state index >= 15 is 0 Å². The Morgan fingerprint density at radius 1 is 0.848 bits per heavy atom. The van der Waals surface area contributed by atoms with Gasteiger partial charge >= 0.3 is 6.43 Å². The number of carbonyl (C=O) groups excluding carboxylic acids is 4. The van der Waals surface area contributed by atoms with Crippen LogP contribution in [0.2, 0.25) is 0 Å². The first-order chi connectivity index (χ1) is 22.0. The SMILES string of the molecule is CC(C)NC(=O)C(Cc1ccc2ccccc2c1)N1CCN(C(=O)C(Cc2ccc(F)cc2)NC(=O)C(F)F)C(CC2CC2)C1=O. The minimum atomic E-state index is -3.35. The molecule has 5 rings (SSSR count). The summed E-state index contributed by atoms with van der Waals surface area (Å²) in [5.74, 6) is -3.27. The van der Waals surface area contributed by atoms with Crippen molar-refractivity contribution in [1.29, 1.82) is 0 Å². The maximum absolute atomic E-state index is 14.3. The highest BCUT2D eigenvalue weighted by atomic mass is 19.3. The molecule has 1 aliphatic heterocycles. The van der Waals surface area contributed by atoms with E-state index in [-0.39, 0.29) is 43.8 Å². The molecule has 244 valence electrons. The van der Waals surface area contributed by atoms with Crippen molar-refractivity contribution in [2.75, 3.05) is 13.1 Å². The van der Waals surface area contributed by atoms with E-state index in [1.807, 2.05) is 56.3 Å². The monoisotopic (exact) mass is 636 g/mol. The molecule has 4 amide bonds. The summed E-state index contributed by atoms with van der Waals surface area (Å²) < 4.78 is 40.1. The lowest BCUT2D eigenvalue weighted by molar-refractivity contribution is -0.157. The Hall–Kier alpha value is -4.41. The third kappa shape index (κ3) is 8.05. The van der Waals surface area contributed by atoms with Crippen LogP contribution < -0.4 is 10.6 Å². The largest absolute Gasteiger partial charge is 0.352 e. The summed E-state index contributed by atoms with van der Waals surface area (Å²) in [7, 11) is 0. The zero-order valence-corrected chi connectivity index (χ0v) is 25.9. The van der Waals surface area contributed by atoms with Crippen molar-refractivity contribution in [2.24, 2.45) is 5.92 Å². The van der Waals surface area contributed by atoms with Gasteiger partial charge in [0.05, 0.1) is 0 Å². The third-order valence-electron chi connectivity index (χ3n) is 8.58. The van der Waals surface area contributed by atoms with Crippen LogP contribution >= 0.6 is 0 Å². The molecule has 1 heterocycles. The molecule has 2 aliphatic rings. The Morgan fingerprint density at radius 2 is 1.52 bits per heavy atom. The van der Waals surface area contributed by atoms with Crippen LogP contribution in [0.25, 0.3) is 10.8 Å². The molecule has 0 radical (unpaired) electrons. The Morgan fingerprint density at radius 3 is 2.17 bits per heavy atom. The number of amides is 4. The van der Waals surface area contributed by atoms with Crippen LogP contribution in [0.15, 0.2) is 66.7 Å². The van der Waals surface area contributed by atoms with Gasteiger partial charge in [-0.2, -0.15) is 8.78 Å². The molecule has 1 aliphatic carbocycles. The summed E-state index contributed by atoms with van der Waals surface area (Å²) in [6.45, 7) is 3.78. The lowest BCUT2D eigenvalue weighted by Gasteiger charge is -2.44. The number of hydrogen-bond acceptors (Lipinski definition) is 4. The van der Waals surface area contributed by atoms with E-state index in [4.69, 9.17) is 0 Å². The van der Waals surface area contributed by atoms with Crippen LogP contribution in [-0.4, -0.2) is 77.1 Å². The molecule has 3 aromatic carbocycles. The average Bonchev–Trinajstić information content (AvgIpc) is 3.85. The number of benzene rings is 3. The first-order valence-corrected chi connectivity index (χ1v) is 15.7. The fourth-order valence-corrected chi connectivity index (χ4v) is 6.08. The summed E-state index contributed by atoms with van der Waals surface area (Å²) in [6.07, 6.45) is -1.11. The molecule has 0 aromatic heterocycles. The molecule has 0 spiro atoms. The zero-order chi connectivity index (χ0) is 33.0. The highest BCUT2D eigenvalue weighted by Gasteiger charge is 2.45. The first kappa shape index (κ1) is 33.0. The minimum Gasteiger partial charge on any atom is -0.352 e. The number of rotatable bonds is 12. The summed E-state index contributed by atoms with van der Waals surface area (Å²) in [5, 5.41) is 7.14. The molecule has 46 heavy (non-hydrogen) atoms. The van der Waals surface area contributed by atoms with Crippen molar-refractivity contribution in [1.82, 2.24) is 20.4 Å². The van der Waals surface area contributed by atoms with Gasteiger partial charge in [-0.1, -0.05) is 67.4 Å². The van der Waals surface area contributed by atoms with Crippen LogP contribution in [0.3, 0.4) is 0 Å². The number of piperazine rings is 1. The summed E-state index contributed by atoms with van der Waals surface area (Å²) in [4.78, 5) is 56.9. The number of nitrogens with one attached hydrogen (secondary N) is 2. The summed E-state index contributed by atoms with van der Waals surface area (Å²) >= 11 is 0. The van der Waals surface area contributed by atoms with Gasteiger partial charge in [-0.3, -0.25) is 19.2 Å². The smallest absolute Gasteiger partial charge is 0.315 e. The molecule has 11 heteroatoms. The predicted molar refractivity (Wildman–Crippen MR) is 167 cm³/mol. The van der Waals surface area contributed by atoms with E-state index in [1.54, 1.807) is 0 Å². The molecule has 3 unspecified atom stereocenters. The van der Waals surface area contributed by atoms with Crippen molar-refractivity contribution in [2.45, 2.75) is 76.5 Å². The maximum atomic E-state index is 14.3. The second-order valence-electron chi connectivity index (χ2n) is 12.5. The zero-order valence-electron chi connectivity index (χ0n) is 25.9. The lowest BCUT2D eigenvalue weighted by Crippen LogP contribution is -2.66. The van der Waals surface area contributed by atoms with E-state index in [1.165, 1.54) is 34.1 Å². The quantitative estimate of drug-likeness (QED) is 0.311. The topological polar surface area (TPSA) is 98.8 Å². The van der Waals surface area contributed by atoms with Gasteiger partial charge in [0.25, 0.3) is 5.91 Å². The van der Waals surface area contributed by atoms with Crippen LogP contribution in [0.4, 0.5) is 13.2 Å². The molecule has 1 saturated carbocycles. The molecule has 2 fully saturated rings. The van der Waals surface area contributed by atoms with E-state index in [9.17, 15) is 32.3 Å². The van der Waals surface area contributed by atoms with Crippen molar-refractivity contribution >= 4 is 34.4 Å². The molecule has 1 saturated heterocycles.